The molecule has 0 unspecified atom stereocenters. The van der Waals surface area contributed by atoms with E-state index in [4.69, 9.17) is 0 Å². The molecule has 0 saturated carbocycles. The summed E-state index contributed by atoms with van der Waals surface area (Å²) in [6.07, 6.45) is 0. The summed E-state index contributed by atoms with van der Waals surface area (Å²) in [5.74, 6) is -1.49. The van der Waals surface area contributed by atoms with Crippen molar-refractivity contribution in [1.29, 1.82) is 0 Å². The molecule has 0 bridgehead atoms. The van der Waals surface area contributed by atoms with E-state index in [1.54, 1.807) is 19.1 Å². The minimum absolute atomic E-state index is 0.103. The van der Waals surface area contributed by atoms with E-state index < -0.39 is 11.6 Å². The lowest BCUT2D eigenvalue weighted by atomic mass is 10.1. The van der Waals surface area contributed by atoms with Crippen molar-refractivity contribution in [3.63, 3.8) is 0 Å². The summed E-state index contributed by atoms with van der Waals surface area (Å²) in [5, 5.41) is 3.12. The Bertz CT molecular complexity index is 353. The first kappa shape index (κ1) is 12.1. The molecule has 1 N–H and O–H groups in total. The highest BCUT2D eigenvalue weighted by atomic mass is 19.2. The van der Waals surface area contributed by atoms with Crippen LogP contribution in [-0.4, -0.2) is 5.54 Å². The summed E-state index contributed by atoms with van der Waals surface area (Å²) in [5.41, 5.74) is 0.605. The van der Waals surface area contributed by atoms with Crippen molar-refractivity contribution < 1.29 is 8.78 Å². The van der Waals surface area contributed by atoms with Gasteiger partial charge in [-0.05, 0) is 33.3 Å². The molecule has 0 amide bonds. The first-order valence-corrected chi connectivity index (χ1v) is 5.00. The summed E-state index contributed by atoms with van der Waals surface area (Å²) in [6.45, 7) is 7.84. The lowest BCUT2D eigenvalue weighted by Crippen LogP contribution is -2.35. The Labute approximate surface area is 89.5 Å². The Morgan fingerprint density at radius 3 is 2.27 bits per heavy atom. The molecule has 1 aromatic rings. The van der Waals surface area contributed by atoms with Crippen LogP contribution in [-0.2, 0) is 6.54 Å². The van der Waals surface area contributed by atoms with Crippen molar-refractivity contribution in [1.82, 2.24) is 5.32 Å². The minimum Gasteiger partial charge on any atom is -0.308 e. The second kappa shape index (κ2) is 4.27. The van der Waals surface area contributed by atoms with Crippen LogP contribution in [0.3, 0.4) is 0 Å². The van der Waals surface area contributed by atoms with Crippen LogP contribution in [0, 0.1) is 18.6 Å². The lowest BCUT2D eigenvalue weighted by Gasteiger charge is -2.20. The van der Waals surface area contributed by atoms with Crippen LogP contribution in [0.1, 0.15) is 31.9 Å². The van der Waals surface area contributed by atoms with Crippen LogP contribution >= 0.6 is 0 Å². The monoisotopic (exact) mass is 213 g/mol. The van der Waals surface area contributed by atoms with Crippen LogP contribution < -0.4 is 5.32 Å². The van der Waals surface area contributed by atoms with Crippen LogP contribution in [0.2, 0.25) is 0 Å². The van der Waals surface area contributed by atoms with Gasteiger partial charge < -0.3 is 5.32 Å². The molecule has 3 heteroatoms. The van der Waals surface area contributed by atoms with E-state index in [2.05, 4.69) is 5.32 Å². The van der Waals surface area contributed by atoms with Gasteiger partial charge >= 0.3 is 0 Å². The molecule has 84 valence electrons. The van der Waals surface area contributed by atoms with Crippen LogP contribution in [0.4, 0.5) is 8.78 Å². The number of hydrogen-bond acceptors (Lipinski definition) is 1. The van der Waals surface area contributed by atoms with Gasteiger partial charge in [0, 0.05) is 17.6 Å². The number of aryl methyl sites for hydroxylation is 1. The topological polar surface area (TPSA) is 12.0 Å². The summed E-state index contributed by atoms with van der Waals surface area (Å²) < 4.78 is 26.6. The van der Waals surface area contributed by atoms with Crippen LogP contribution in [0.15, 0.2) is 12.1 Å². The van der Waals surface area contributed by atoms with E-state index in [0.717, 1.165) is 0 Å². The third-order valence-corrected chi connectivity index (χ3v) is 2.16. The van der Waals surface area contributed by atoms with Crippen LogP contribution in [0.5, 0.6) is 0 Å². The highest BCUT2D eigenvalue weighted by Crippen LogP contribution is 2.16. The van der Waals surface area contributed by atoms with Gasteiger partial charge in [0.2, 0.25) is 0 Å². The first-order valence-electron chi connectivity index (χ1n) is 5.00. The predicted octanol–water partition coefficient (Wildman–Crippen LogP) is 3.16. The third-order valence-electron chi connectivity index (χ3n) is 2.16. The Balaban J connectivity index is 2.83. The minimum atomic E-state index is -0.747. The number of benzene rings is 1. The van der Waals surface area contributed by atoms with Crippen LogP contribution in [0.25, 0.3) is 0 Å². The van der Waals surface area contributed by atoms with E-state index in [-0.39, 0.29) is 5.54 Å². The van der Waals surface area contributed by atoms with Crippen molar-refractivity contribution in [2.24, 2.45) is 0 Å². The van der Waals surface area contributed by atoms with E-state index in [1.807, 2.05) is 20.8 Å². The highest BCUT2D eigenvalue weighted by molar-refractivity contribution is 5.25. The van der Waals surface area contributed by atoms with Gasteiger partial charge in [0.05, 0.1) is 0 Å². The SMILES string of the molecule is Cc1ccc(CNC(C)(C)C)c(F)c1F. The van der Waals surface area contributed by atoms with Crippen molar-refractivity contribution >= 4 is 0 Å². The molecule has 1 aromatic carbocycles. The average molecular weight is 213 g/mol. The maximum atomic E-state index is 13.4. The zero-order valence-electron chi connectivity index (χ0n) is 9.62. The fourth-order valence-corrected chi connectivity index (χ4v) is 1.18. The number of hydrogen-bond donors (Lipinski definition) is 1. The predicted molar refractivity (Wildman–Crippen MR) is 57.7 cm³/mol. The first-order chi connectivity index (χ1) is 6.81. The van der Waals surface area contributed by atoms with Crippen molar-refractivity contribution in [2.45, 2.75) is 39.8 Å². The molecule has 15 heavy (non-hydrogen) atoms. The number of rotatable bonds is 2. The van der Waals surface area contributed by atoms with Gasteiger partial charge in [0.25, 0.3) is 0 Å². The molecular formula is C12H17F2N. The van der Waals surface area contributed by atoms with Crippen molar-refractivity contribution in [3.05, 3.63) is 34.9 Å². The quantitative estimate of drug-likeness (QED) is 0.795. The number of halogens is 2. The smallest absolute Gasteiger partial charge is 0.163 e. The summed E-state index contributed by atoms with van der Waals surface area (Å²) in [7, 11) is 0. The number of nitrogens with one attached hydrogen (secondary N) is 1. The standard InChI is InChI=1S/C12H17F2N/c1-8-5-6-9(11(14)10(8)13)7-15-12(2,3)4/h5-6,15H,7H2,1-4H3. The van der Waals surface area contributed by atoms with Gasteiger partial charge in [-0.2, -0.15) is 0 Å². The van der Waals surface area contributed by atoms with E-state index >= 15 is 0 Å². The molecule has 1 rings (SSSR count). The molecule has 1 nitrogen and oxygen atoms in total. The van der Waals surface area contributed by atoms with Gasteiger partial charge in [-0.1, -0.05) is 12.1 Å². The van der Waals surface area contributed by atoms with Gasteiger partial charge in [-0.15, -0.1) is 0 Å². The summed E-state index contributed by atoms with van der Waals surface area (Å²) in [4.78, 5) is 0. The van der Waals surface area contributed by atoms with Gasteiger partial charge in [-0.3, -0.25) is 0 Å². The summed E-state index contributed by atoms with van der Waals surface area (Å²) in [6, 6.07) is 3.21. The molecule has 0 heterocycles. The second-order valence-corrected chi connectivity index (χ2v) is 4.77. The normalized spacial score (nSPS) is 11.9. The maximum absolute atomic E-state index is 13.4. The fraction of sp³-hybridized carbons (Fsp3) is 0.500. The Kier molecular flexibility index (Phi) is 3.45. The molecule has 0 aromatic heterocycles. The van der Waals surface area contributed by atoms with Crippen molar-refractivity contribution in [2.75, 3.05) is 0 Å². The van der Waals surface area contributed by atoms with E-state index in [9.17, 15) is 8.78 Å². The lowest BCUT2D eigenvalue weighted by molar-refractivity contribution is 0.412. The molecule has 0 atom stereocenters. The molecular weight excluding hydrogens is 196 g/mol. The Morgan fingerprint density at radius 1 is 1.13 bits per heavy atom. The average Bonchev–Trinajstić information content (AvgIpc) is 2.12. The molecule has 0 spiro atoms. The van der Waals surface area contributed by atoms with Crippen molar-refractivity contribution in [3.8, 4) is 0 Å². The molecule has 0 radical (unpaired) electrons. The Hall–Kier alpha value is -0.960. The fourth-order valence-electron chi connectivity index (χ4n) is 1.18. The van der Waals surface area contributed by atoms with E-state index in [0.29, 0.717) is 17.7 Å². The molecule has 0 fully saturated rings. The second-order valence-electron chi connectivity index (χ2n) is 4.77. The maximum Gasteiger partial charge on any atom is 0.163 e. The molecule has 0 aliphatic carbocycles. The Morgan fingerprint density at radius 2 is 1.73 bits per heavy atom. The molecule has 0 saturated heterocycles. The molecule has 0 aliphatic heterocycles. The van der Waals surface area contributed by atoms with Gasteiger partial charge in [0.1, 0.15) is 0 Å². The molecule has 0 aliphatic rings. The summed E-state index contributed by atoms with van der Waals surface area (Å²) >= 11 is 0. The third kappa shape index (κ3) is 3.27. The van der Waals surface area contributed by atoms with Gasteiger partial charge in [0.15, 0.2) is 11.6 Å². The highest BCUT2D eigenvalue weighted by Gasteiger charge is 2.13. The zero-order valence-corrected chi connectivity index (χ0v) is 9.62. The van der Waals surface area contributed by atoms with E-state index in [1.165, 1.54) is 0 Å². The van der Waals surface area contributed by atoms with Gasteiger partial charge in [-0.25, -0.2) is 8.78 Å². The largest absolute Gasteiger partial charge is 0.308 e. The zero-order chi connectivity index (χ0) is 11.6.